The Hall–Kier alpha value is -1.81. The Morgan fingerprint density at radius 1 is 1.41 bits per heavy atom. The molecule has 0 aliphatic rings. The smallest absolute Gasteiger partial charge is 0.335 e. The van der Waals surface area contributed by atoms with Gasteiger partial charge in [-0.3, -0.25) is 0 Å². The monoisotopic (exact) mass is 248 g/mol. The molecule has 88 valence electrons. The molecule has 1 heterocycles. The van der Waals surface area contributed by atoms with Crippen LogP contribution < -0.4 is 4.74 Å². The Balaban J connectivity index is 2.09. The van der Waals surface area contributed by atoms with Crippen LogP contribution in [0.4, 0.5) is 0 Å². The average Bonchev–Trinajstić information content (AvgIpc) is 2.80. The summed E-state index contributed by atoms with van der Waals surface area (Å²) >= 11 is 1.64. The van der Waals surface area contributed by atoms with Crippen molar-refractivity contribution in [3.8, 4) is 5.75 Å². The summed E-state index contributed by atoms with van der Waals surface area (Å²) in [7, 11) is 0. The third kappa shape index (κ3) is 2.85. The molecule has 1 N–H and O–H groups in total. The molecule has 17 heavy (non-hydrogen) atoms. The number of benzene rings is 1. The van der Waals surface area contributed by atoms with E-state index in [4.69, 9.17) is 9.84 Å². The molecule has 0 unspecified atom stereocenters. The van der Waals surface area contributed by atoms with Crippen LogP contribution in [-0.2, 0) is 6.61 Å². The molecule has 0 radical (unpaired) electrons. The largest absolute Gasteiger partial charge is 0.488 e. The van der Waals surface area contributed by atoms with E-state index in [9.17, 15) is 4.79 Å². The number of rotatable bonds is 4. The van der Waals surface area contributed by atoms with Crippen molar-refractivity contribution in [1.82, 2.24) is 0 Å². The van der Waals surface area contributed by atoms with Crippen LogP contribution in [0.5, 0.6) is 5.75 Å². The van der Waals surface area contributed by atoms with Gasteiger partial charge in [-0.2, -0.15) is 0 Å². The van der Waals surface area contributed by atoms with Crippen LogP contribution >= 0.6 is 11.3 Å². The molecule has 0 bridgehead atoms. The minimum absolute atomic E-state index is 0.283. The highest BCUT2D eigenvalue weighted by Crippen LogP contribution is 2.21. The minimum Gasteiger partial charge on any atom is -0.488 e. The van der Waals surface area contributed by atoms with E-state index in [1.807, 2.05) is 24.4 Å². The Morgan fingerprint density at radius 3 is 2.82 bits per heavy atom. The van der Waals surface area contributed by atoms with E-state index in [0.29, 0.717) is 6.61 Å². The fourth-order valence-corrected chi connectivity index (χ4v) is 2.10. The van der Waals surface area contributed by atoms with Gasteiger partial charge in [-0.05, 0) is 42.1 Å². The second-order valence-electron chi connectivity index (χ2n) is 3.65. The lowest BCUT2D eigenvalue weighted by molar-refractivity contribution is 0.0696. The molecule has 0 atom stereocenters. The molecule has 3 nitrogen and oxygen atoms in total. The Morgan fingerprint density at radius 2 is 2.24 bits per heavy atom. The summed E-state index contributed by atoms with van der Waals surface area (Å²) in [6, 6.07) is 8.85. The molecule has 2 aromatic rings. The van der Waals surface area contributed by atoms with Crippen molar-refractivity contribution >= 4 is 17.3 Å². The molecule has 0 spiro atoms. The van der Waals surface area contributed by atoms with E-state index in [1.54, 1.807) is 29.5 Å². The first-order valence-corrected chi connectivity index (χ1v) is 6.04. The van der Waals surface area contributed by atoms with Crippen molar-refractivity contribution in [2.45, 2.75) is 13.5 Å². The summed E-state index contributed by atoms with van der Waals surface area (Å²) in [5.74, 6) is -0.193. The molecular weight excluding hydrogens is 236 g/mol. The van der Waals surface area contributed by atoms with Gasteiger partial charge in [0.2, 0.25) is 0 Å². The maximum absolute atomic E-state index is 10.8. The van der Waals surface area contributed by atoms with Crippen molar-refractivity contribution < 1.29 is 14.6 Å². The Kier molecular flexibility index (Phi) is 3.44. The highest BCUT2D eigenvalue weighted by atomic mass is 32.1. The lowest BCUT2D eigenvalue weighted by atomic mass is 10.1. The van der Waals surface area contributed by atoms with Gasteiger partial charge in [0.15, 0.2) is 0 Å². The first-order valence-electron chi connectivity index (χ1n) is 5.16. The molecule has 0 aliphatic carbocycles. The van der Waals surface area contributed by atoms with E-state index >= 15 is 0 Å². The predicted octanol–water partition coefficient (Wildman–Crippen LogP) is 3.33. The van der Waals surface area contributed by atoms with Gasteiger partial charge in [-0.25, -0.2) is 4.79 Å². The zero-order chi connectivity index (χ0) is 12.3. The van der Waals surface area contributed by atoms with Gasteiger partial charge in [0.25, 0.3) is 0 Å². The van der Waals surface area contributed by atoms with E-state index < -0.39 is 5.97 Å². The molecule has 1 aromatic carbocycles. The van der Waals surface area contributed by atoms with Crippen molar-refractivity contribution in [2.75, 3.05) is 0 Å². The number of aryl methyl sites for hydroxylation is 1. The quantitative estimate of drug-likeness (QED) is 0.902. The number of carbonyl (C=O) groups is 1. The van der Waals surface area contributed by atoms with Crippen LogP contribution in [0.15, 0.2) is 35.7 Å². The number of carboxylic acids is 1. The SMILES string of the molecule is Cc1cc(C(=O)O)ccc1OCc1cccs1. The van der Waals surface area contributed by atoms with Crippen molar-refractivity contribution in [1.29, 1.82) is 0 Å². The predicted molar refractivity (Wildman–Crippen MR) is 66.8 cm³/mol. The minimum atomic E-state index is -0.919. The normalized spacial score (nSPS) is 10.2. The number of thiophene rings is 1. The van der Waals surface area contributed by atoms with Crippen LogP contribution in [0.25, 0.3) is 0 Å². The molecule has 1 aromatic heterocycles. The van der Waals surface area contributed by atoms with Gasteiger partial charge in [-0.1, -0.05) is 6.07 Å². The first-order chi connectivity index (χ1) is 8.16. The highest BCUT2D eigenvalue weighted by molar-refractivity contribution is 7.09. The second-order valence-corrected chi connectivity index (χ2v) is 4.69. The zero-order valence-electron chi connectivity index (χ0n) is 9.34. The molecule has 4 heteroatoms. The summed E-state index contributed by atoms with van der Waals surface area (Å²) in [6.45, 7) is 2.36. The van der Waals surface area contributed by atoms with Gasteiger partial charge in [0, 0.05) is 4.88 Å². The molecule has 0 amide bonds. The first kappa shape index (κ1) is 11.7. The third-order valence-corrected chi connectivity index (χ3v) is 3.22. The van der Waals surface area contributed by atoms with E-state index in [2.05, 4.69) is 0 Å². The number of hydrogen-bond acceptors (Lipinski definition) is 3. The van der Waals surface area contributed by atoms with Gasteiger partial charge in [-0.15, -0.1) is 11.3 Å². The number of hydrogen-bond donors (Lipinski definition) is 1. The topological polar surface area (TPSA) is 46.5 Å². The van der Waals surface area contributed by atoms with Crippen LogP contribution in [-0.4, -0.2) is 11.1 Å². The van der Waals surface area contributed by atoms with Crippen LogP contribution in [0.1, 0.15) is 20.8 Å². The summed E-state index contributed by atoms with van der Waals surface area (Å²) in [5.41, 5.74) is 1.12. The van der Waals surface area contributed by atoms with E-state index in [0.717, 1.165) is 16.2 Å². The number of aromatic carboxylic acids is 1. The molecule has 0 aliphatic heterocycles. The van der Waals surface area contributed by atoms with Crippen LogP contribution in [0.3, 0.4) is 0 Å². The summed E-state index contributed by atoms with van der Waals surface area (Å²) in [6.07, 6.45) is 0. The van der Waals surface area contributed by atoms with Crippen LogP contribution in [0, 0.1) is 6.92 Å². The lowest BCUT2D eigenvalue weighted by Gasteiger charge is -2.08. The Labute approximate surface area is 103 Å². The lowest BCUT2D eigenvalue weighted by Crippen LogP contribution is -1.99. The molecule has 0 saturated carbocycles. The van der Waals surface area contributed by atoms with Crippen molar-refractivity contribution in [3.63, 3.8) is 0 Å². The molecule has 0 saturated heterocycles. The van der Waals surface area contributed by atoms with Gasteiger partial charge >= 0.3 is 5.97 Å². The summed E-state index contributed by atoms with van der Waals surface area (Å²) in [5, 5.41) is 10.8. The average molecular weight is 248 g/mol. The van der Waals surface area contributed by atoms with Gasteiger partial charge in [0.05, 0.1) is 5.56 Å². The Bertz CT molecular complexity index is 517. The second kappa shape index (κ2) is 5.01. The number of ether oxygens (including phenoxy) is 1. The standard InChI is InChI=1S/C13H12O3S/c1-9-7-10(13(14)15)4-5-12(9)16-8-11-3-2-6-17-11/h2-7H,8H2,1H3,(H,14,15). The fourth-order valence-electron chi connectivity index (χ4n) is 1.49. The fraction of sp³-hybridized carbons (Fsp3) is 0.154. The molecule has 0 fully saturated rings. The van der Waals surface area contributed by atoms with Gasteiger partial charge in [0.1, 0.15) is 12.4 Å². The van der Waals surface area contributed by atoms with Crippen molar-refractivity contribution in [2.24, 2.45) is 0 Å². The van der Waals surface area contributed by atoms with E-state index in [1.165, 1.54) is 0 Å². The van der Waals surface area contributed by atoms with Gasteiger partial charge < -0.3 is 9.84 Å². The highest BCUT2D eigenvalue weighted by Gasteiger charge is 2.06. The van der Waals surface area contributed by atoms with Crippen molar-refractivity contribution in [3.05, 3.63) is 51.7 Å². The third-order valence-electron chi connectivity index (χ3n) is 2.37. The molecule has 2 rings (SSSR count). The van der Waals surface area contributed by atoms with Crippen LogP contribution in [0.2, 0.25) is 0 Å². The maximum atomic E-state index is 10.8. The van der Waals surface area contributed by atoms with E-state index in [-0.39, 0.29) is 5.56 Å². The maximum Gasteiger partial charge on any atom is 0.335 e. The number of carboxylic acid groups (broad SMARTS) is 1. The summed E-state index contributed by atoms with van der Waals surface area (Å²) < 4.78 is 5.63. The summed E-state index contributed by atoms with van der Waals surface area (Å²) in [4.78, 5) is 11.9. The molecular formula is C13H12O3S. The zero-order valence-corrected chi connectivity index (χ0v) is 10.2.